The van der Waals surface area contributed by atoms with Crippen LogP contribution >= 0.6 is 0 Å². The Morgan fingerprint density at radius 3 is 3.00 bits per heavy atom. The molecule has 1 fully saturated rings. The predicted molar refractivity (Wildman–Crippen MR) is 77.2 cm³/mol. The molecular weight excluding hydrogens is 238 g/mol. The molecule has 2 unspecified atom stereocenters. The molecule has 1 aromatic rings. The third-order valence-corrected chi connectivity index (χ3v) is 3.94. The van der Waals surface area contributed by atoms with Gasteiger partial charge in [0.2, 0.25) is 0 Å². The number of nitrogens with zero attached hydrogens (tertiary/aromatic N) is 1. The van der Waals surface area contributed by atoms with Crippen LogP contribution in [0.25, 0.3) is 0 Å². The standard InChI is InChI=1S/C15H23N3O/c1-3-16-14-9-12(7-8-17-14)15(19)18-10-13-6-4-5-11(13)2/h7-9,11,13H,3-6,10H2,1-2H3,(H,16,17)(H,18,19). The monoisotopic (exact) mass is 261 g/mol. The quantitative estimate of drug-likeness (QED) is 0.857. The number of carbonyl (C=O) groups is 1. The van der Waals surface area contributed by atoms with Gasteiger partial charge in [0.1, 0.15) is 5.82 Å². The van der Waals surface area contributed by atoms with E-state index in [0.717, 1.165) is 24.8 Å². The fourth-order valence-electron chi connectivity index (χ4n) is 2.70. The van der Waals surface area contributed by atoms with E-state index in [1.54, 1.807) is 18.3 Å². The third kappa shape index (κ3) is 3.69. The molecule has 19 heavy (non-hydrogen) atoms. The highest BCUT2D eigenvalue weighted by molar-refractivity contribution is 5.94. The molecule has 0 saturated heterocycles. The lowest BCUT2D eigenvalue weighted by molar-refractivity contribution is 0.0944. The lowest BCUT2D eigenvalue weighted by Gasteiger charge is -2.16. The van der Waals surface area contributed by atoms with Gasteiger partial charge in [0.15, 0.2) is 0 Å². The van der Waals surface area contributed by atoms with Crippen molar-refractivity contribution >= 4 is 11.7 Å². The van der Waals surface area contributed by atoms with Crippen molar-refractivity contribution in [2.24, 2.45) is 11.8 Å². The highest BCUT2D eigenvalue weighted by Gasteiger charge is 2.23. The molecule has 1 aliphatic carbocycles. The summed E-state index contributed by atoms with van der Waals surface area (Å²) >= 11 is 0. The second-order valence-electron chi connectivity index (χ2n) is 5.34. The molecule has 4 heteroatoms. The zero-order chi connectivity index (χ0) is 13.7. The average Bonchev–Trinajstić information content (AvgIpc) is 2.82. The summed E-state index contributed by atoms with van der Waals surface area (Å²) in [5, 5.41) is 6.16. The average molecular weight is 261 g/mol. The van der Waals surface area contributed by atoms with Gasteiger partial charge < -0.3 is 10.6 Å². The number of anilines is 1. The van der Waals surface area contributed by atoms with Crippen molar-refractivity contribution in [2.75, 3.05) is 18.4 Å². The van der Waals surface area contributed by atoms with Crippen LogP contribution < -0.4 is 10.6 Å². The molecule has 0 spiro atoms. The minimum absolute atomic E-state index is 0.000605. The van der Waals surface area contributed by atoms with Gasteiger partial charge >= 0.3 is 0 Å². The smallest absolute Gasteiger partial charge is 0.251 e. The maximum absolute atomic E-state index is 12.1. The van der Waals surface area contributed by atoms with Crippen LogP contribution in [0, 0.1) is 11.8 Å². The van der Waals surface area contributed by atoms with Crippen LogP contribution in [0.5, 0.6) is 0 Å². The van der Waals surface area contributed by atoms with E-state index in [1.165, 1.54) is 19.3 Å². The molecule has 1 heterocycles. The molecule has 2 atom stereocenters. The molecule has 2 rings (SSSR count). The summed E-state index contributed by atoms with van der Waals surface area (Å²) in [6.07, 6.45) is 5.49. The number of pyridine rings is 1. The molecule has 104 valence electrons. The minimum Gasteiger partial charge on any atom is -0.370 e. The minimum atomic E-state index is 0.000605. The lowest BCUT2D eigenvalue weighted by Crippen LogP contribution is -2.30. The van der Waals surface area contributed by atoms with Crippen LogP contribution in [0.2, 0.25) is 0 Å². The summed E-state index contributed by atoms with van der Waals surface area (Å²) in [5.41, 5.74) is 0.677. The Labute approximate surface area is 115 Å². The lowest BCUT2D eigenvalue weighted by atomic mass is 9.98. The van der Waals surface area contributed by atoms with Gasteiger partial charge in [-0.05, 0) is 37.3 Å². The first-order chi connectivity index (χ1) is 9.20. The molecule has 2 N–H and O–H groups in total. The van der Waals surface area contributed by atoms with Crippen LogP contribution in [0.1, 0.15) is 43.5 Å². The van der Waals surface area contributed by atoms with Crippen molar-refractivity contribution in [1.82, 2.24) is 10.3 Å². The number of rotatable bonds is 5. The SMILES string of the molecule is CCNc1cc(C(=O)NCC2CCCC2C)ccn1. The zero-order valence-electron chi connectivity index (χ0n) is 11.8. The van der Waals surface area contributed by atoms with Crippen LogP contribution in [-0.4, -0.2) is 24.0 Å². The maximum Gasteiger partial charge on any atom is 0.251 e. The van der Waals surface area contributed by atoms with Crippen molar-refractivity contribution in [2.45, 2.75) is 33.1 Å². The van der Waals surface area contributed by atoms with Gasteiger partial charge in [0, 0.05) is 24.8 Å². The molecule has 0 bridgehead atoms. The number of hydrogen-bond acceptors (Lipinski definition) is 3. The van der Waals surface area contributed by atoms with E-state index >= 15 is 0 Å². The molecule has 0 radical (unpaired) electrons. The molecule has 1 amide bonds. The highest BCUT2D eigenvalue weighted by atomic mass is 16.1. The normalized spacial score (nSPS) is 22.2. The van der Waals surface area contributed by atoms with Crippen LogP contribution in [0.3, 0.4) is 0 Å². The number of hydrogen-bond donors (Lipinski definition) is 2. The molecule has 1 aromatic heterocycles. The van der Waals surface area contributed by atoms with E-state index < -0.39 is 0 Å². The van der Waals surface area contributed by atoms with Crippen molar-refractivity contribution in [3.63, 3.8) is 0 Å². The largest absolute Gasteiger partial charge is 0.370 e. The molecule has 0 aliphatic heterocycles. The Morgan fingerprint density at radius 1 is 1.47 bits per heavy atom. The Kier molecular flexibility index (Phi) is 4.77. The van der Waals surface area contributed by atoms with Gasteiger partial charge in [-0.1, -0.05) is 19.8 Å². The topological polar surface area (TPSA) is 54.0 Å². The number of amides is 1. The third-order valence-electron chi connectivity index (χ3n) is 3.94. The Morgan fingerprint density at radius 2 is 2.32 bits per heavy atom. The highest BCUT2D eigenvalue weighted by Crippen LogP contribution is 2.30. The van der Waals surface area contributed by atoms with Crippen LogP contribution in [0.15, 0.2) is 18.3 Å². The summed E-state index contributed by atoms with van der Waals surface area (Å²) in [7, 11) is 0. The fourth-order valence-corrected chi connectivity index (χ4v) is 2.70. The maximum atomic E-state index is 12.1. The van der Waals surface area contributed by atoms with Gasteiger partial charge in [-0.2, -0.15) is 0 Å². The van der Waals surface area contributed by atoms with Gasteiger partial charge in [0.05, 0.1) is 0 Å². The Balaban J connectivity index is 1.90. The van der Waals surface area contributed by atoms with Crippen LogP contribution in [-0.2, 0) is 0 Å². The summed E-state index contributed by atoms with van der Waals surface area (Å²) in [5.74, 6) is 2.12. The van der Waals surface area contributed by atoms with E-state index in [0.29, 0.717) is 11.5 Å². The van der Waals surface area contributed by atoms with E-state index in [1.807, 2.05) is 6.92 Å². The van der Waals surface area contributed by atoms with Crippen molar-refractivity contribution in [3.8, 4) is 0 Å². The summed E-state index contributed by atoms with van der Waals surface area (Å²) in [6, 6.07) is 3.56. The molecule has 0 aromatic carbocycles. The Hall–Kier alpha value is -1.58. The van der Waals surface area contributed by atoms with Gasteiger partial charge in [-0.3, -0.25) is 4.79 Å². The van der Waals surface area contributed by atoms with Gasteiger partial charge in [-0.25, -0.2) is 4.98 Å². The number of nitrogens with one attached hydrogen (secondary N) is 2. The first kappa shape index (κ1) is 13.8. The van der Waals surface area contributed by atoms with E-state index in [9.17, 15) is 4.79 Å². The second-order valence-corrected chi connectivity index (χ2v) is 5.34. The van der Waals surface area contributed by atoms with E-state index in [-0.39, 0.29) is 5.91 Å². The summed E-state index contributed by atoms with van der Waals surface area (Å²) in [6.45, 7) is 5.88. The van der Waals surface area contributed by atoms with E-state index in [2.05, 4.69) is 22.5 Å². The summed E-state index contributed by atoms with van der Waals surface area (Å²) < 4.78 is 0. The predicted octanol–water partition coefficient (Wildman–Crippen LogP) is 2.68. The van der Waals surface area contributed by atoms with E-state index in [4.69, 9.17) is 0 Å². The van der Waals surface area contributed by atoms with Crippen molar-refractivity contribution in [3.05, 3.63) is 23.9 Å². The molecular formula is C15H23N3O. The fraction of sp³-hybridized carbons (Fsp3) is 0.600. The summed E-state index contributed by atoms with van der Waals surface area (Å²) in [4.78, 5) is 16.3. The molecule has 1 aliphatic rings. The van der Waals surface area contributed by atoms with Crippen molar-refractivity contribution < 1.29 is 4.79 Å². The zero-order valence-corrected chi connectivity index (χ0v) is 11.8. The second kappa shape index (κ2) is 6.55. The number of aromatic nitrogens is 1. The first-order valence-corrected chi connectivity index (χ1v) is 7.18. The van der Waals surface area contributed by atoms with Crippen molar-refractivity contribution in [1.29, 1.82) is 0 Å². The van der Waals surface area contributed by atoms with Gasteiger partial charge in [-0.15, -0.1) is 0 Å². The van der Waals surface area contributed by atoms with Gasteiger partial charge in [0.25, 0.3) is 5.91 Å². The van der Waals surface area contributed by atoms with Crippen LogP contribution in [0.4, 0.5) is 5.82 Å². The Bertz CT molecular complexity index is 433. The molecule has 1 saturated carbocycles. The first-order valence-electron chi connectivity index (χ1n) is 7.18. The number of carbonyl (C=O) groups excluding carboxylic acids is 1. The molecule has 4 nitrogen and oxygen atoms in total.